The number of ether oxygens (including phenoxy) is 1. The van der Waals surface area contributed by atoms with E-state index in [1.165, 1.54) is 0 Å². The number of benzene rings is 3. The third kappa shape index (κ3) is 2.78. The number of rotatable bonds is 3. The van der Waals surface area contributed by atoms with Crippen LogP contribution in [0.3, 0.4) is 0 Å². The Morgan fingerprint density at radius 3 is 2.38 bits per heavy atom. The molecule has 144 valence electrons. The molecule has 2 heterocycles. The molecule has 0 radical (unpaired) electrons. The van der Waals surface area contributed by atoms with E-state index in [9.17, 15) is 10.1 Å². The number of nitrogens with zero attached hydrogens (tertiary/aromatic N) is 2. The Morgan fingerprint density at radius 1 is 0.897 bits per heavy atom. The van der Waals surface area contributed by atoms with Gasteiger partial charge in [0.1, 0.15) is 5.75 Å². The Hall–Kier alpha value is -3.60. The first kappa shape index (κ1) is 17.5. The average Bonchev–Trinajstić information content (AvgIpc) is 3.09. The zero-order valence-electron chi connectivity index (χ0n) is 15.9. The van der Waals surface area contributed by atoms with Crippen molar-refractivity contribution in [2.24, 2.45) is 7.05 Å². The molecule has 5 heteroatoms. The molecule has 0 aliphatic carbocycles. The van der Waals surface area contributed by atoms with Gasteiger partial charge in [-0.1, -0.05) is 66.7 Å². The van der Waals surface area contributed by atoms with Gasteiger partial charge >= 0.3 is 0 Å². The number of para-hydroxylation sites is 2. The van der Waals surface area contributed by atoms with E-state index >= 15 is 0 Å². The van der Waals surface area contributed by atoms with Crippen LogP contribution >= 0.6 is 0 Å². The number of nitro groups is 1. The third-order valence-electron chi connectivity index (χ3n) is 5.79. The summed E-state index contributed by atoms with van der Waals surface area (Å²) in [4.78, 5) is 12.2. The minimum atomic E-state index is -0.932. The number of aromatic nitrogens is 1. The fourth-order valence-corrected chi connectivity index (χ4v) is 4.52. The van der Waals surface area contributed by atoms with E-state index in [0.717, 1.165) is 27.6 Å². The second kappa shape index (κ2) is 6.78. The molecule has 0 saturated heterocycles. The fraction of sp³-hybridized carbons (Fsp3) is 0.167. The second-order valence-corrected chi connectivity index (χ2v) is 7.45. The lowest BCUT2D eigenvalue weighted by Gasteiger charge is -2.34. The van der Waals surface area contributed by atoms with Crippen molar-refractivity contribution in [2.75, 3.05) is 0 Å². The fourth-order valence-electron chi connectivity index (χ4n) is 4.52. The van der Waals surface area contributed by atoms with Gasteiger partial charge in [0.15, 0.2) is 6.10 Å². The molecule has 0 unspecified atom stereocenters. The summed E-state index contributed by atoms with van der Waals surface area (Å²) in [5.74, 6) is 0.295. The standard InChI is InChI=1S/C24H20N2O3/c1-25-15-19(17-11-5-7-13-20(17)25)22-18-12-6-8-14-21(18)29-24(23(22)26(27)28)16-9-3-2-4-10-16/h2-15,22-24H,1H3/t22-,23+,24-/m0/s1. The quantitative estimate of drug-likeness (QED) is 0.365. The summed E-state index contributed by atoms with van der Waals surface area (Å²) in [6.45, 7) is 0. The van der Waals surface area contributed by atoms with Gasteiger partial charge in [-0.3, -0.25) is 10.1 Å². The number of hydrogen-bond acceptors (Lipinski definition) is 3. The summed E-state index contributed by atoms with van der Waals surface area (Å²) < 4.78 is 8.25. The van der Waals surface area contributed by atoms with E-state index in [0.29, 0.717) is 5.75 Å². The first-order valence-corrected chi connectivity index (χ1v) is 9.63. The van der Waals surface area contributed by atoms with Crippen LogP contribution in [0, 0.1) is 10.1 Å². The smallest absolute Gasteiger partial charge is 0.264 e. The van der Waals surface area contributed by atoms with Crippen molar-refractivity contribution in [3.8, 4) is 5.75 Å². The normalized spacial score (nSPS) is 20.8. The summed E-state index contributed by atoms with van der Waals surface area (Å²) in [5.41, 5.74) is 3.69. The monoisotopic (exact) mass is 384 g/mol. The second-order valence-electron chi connectivity index (χ2n) is 7.45. The lowest BCUT2D eigenvalue weighted by atomic mass is 9.78. The topological polar surface area (TPSA) is 57.3 Å². The summed E-state index contributed by atoms with van der Waals surface area (Å²) in [6.07, 6.45) is 1.36. The van der Waals surface area contributed by atoms with E-state index in [1.54, 1.807) is 0 Å². The highest BCUT2D eigenvalue weighted by Crippen LogP contribution is 2.48. The van der Waals surface area contributed by atoms with Gasteiger partial charge in [0.25, 0.3) is 6.04 Å². The number of hydrogen-bond donors (Lipinski definition) is 0. The SMILES string of the molecule is Cn1cc([C@@H]2c3ccccc3O[C@@H](c3ccccc3)[C@@H]2[N+](=O)[O-])c2ccccc21. The lowest BCUT2D eigenvalue weighted by molar-refractivity contribution is -0.538. The lowest BCUT2D eigenvalue weighted by Crippen LogP contribution is -2.40. The molecule has 5 rings (SSSR count). The highest BCUT2D eigenvalue weighted by atomic mass is 16.6. The maximum Gasteiger partial charge on any atom is 0.264 e. The highest BCUT2D eigenvalue weighted by Gasteiger charge is 2.48. The van der Waals surface area contributed by atoms with Gasteiger partial charge in [-0.2, -0.15) is 0 Å². The van der Waals surface area contributed by atoms with Gasteiger partial charge < -0.3 is 9.30 Å². The molecule has 3 atom stereocenters. The van der Waals surface area contributed by atoms with E-state index in [2.05, 4.69) is 0 Å². The Kier molecular flexibility index (Phi) is 4.09. The summed E-state index contributed by atoms with van der Waals surface area (Å²) in [6, 6.07) is 24.3. The largest absolute Gasteiger partial charge is 0.478 e. The van der Waals surface area contributed by atoms with E-state index in [4.69, 9.17) is 4.74 Å². The Morgan fingerprint density at radius 2 is 1.59 bits per heavy atom. The van der Waals surface area contributed by atoms with Crippen LogP contribution in [-0.4, -0.2) is 15.5 Å². The number of fused-ring (bicyclic) bond motifs is 2. The number of aryl methyl sites for hydroxylation is 1. The maximum absolute atomic E-state index is 12.4. The Labute approximate surface area is 168 Å². The van der Waals surface area contributed by atoms with Gasteiger partial charge in [-0.25, -0.2) is 0 Å². The molecule has 0 bridgehead atoms. The van der Waals surface area contributed by atoms with Crippen LogP contribution < -0.4 is 4.74 Å². The van der Waals surface area contributed by atoms with Gasteiger partial charge in [0.2, 0.25) is 0 Å². The van der Waals surface area contributed by atoms with E-state index in [1.807, 2.05) is 96.7 Å². The molecule has 1 aliphatic heterocycles. The average molecular weight is 384 g/mol. The van der Waals surface area contributed by atoms with Crippen molar-refractivity contribution in [3.63, 3.8) is 0 Å². The molecule has 0 N–H and O–H groups in total. The first-order valence-electron chi connectivity index (χ1n) is 9.63. The van der Waals surface area contributed by atoms with Crippen LogP contribution in [0.25, 0.3) is 10.9 Å². The van der Waals surface area contributed by atoms with Gasteiger partial charge in [0, 0.05) is 34.6 Å². The van der Waals surface area contributed by atoms with Gasteiger partial charge in [-0.15, -0.1) is 0 Å². The molecule has 0 amide bonds. The Balaban J connectivity index is 1.78. The molecule has 0 fully saturated rings. The zero-order valence-corrected chi connectivity index (χ0v) is 15.9. The van der Waals surface area contributed by atoms with E-state index < -0.39 is 18.1 Å². The first-order chi connectivity index (χ1) is 14.1. The van der Waals surface area contributed by atoms with Crippen LogP contribution in [-0.2, 0) is 7.05 Å². The van der Waals surface area contributed by atoms with Crippen molar-refractivity contribution in [3.05, 3.63) is 112 Å². The predicted octanol–water partition coefficient (Wildman–Crippen LogP) is 5.09. The van der Waals surface area contributed by atoms with Gasteiger partial charge in [0.05, 0.1) is 5.92 Å². The molecule has 1 aromatic heterocycles. The maximum atomic E-state index is 12.4. The molecule has 3 aromatic carbocycles. The minimum absolute atomic E-state index is 0.181. The molecule has 4 aromatic rings. The highest BCUT2D eigenvalue weighted by molar-refractivity contribution is 5.85. The van der Waals surface area contributed by atoms with Crippen molar-refractivity contribution in [1.82, 2.24) is 4.57 Å². The van der Waals surface area contributed by atoms with Crippen molar-refractivity contribution >= 4 is 10.9 Å². The minimum Gasteiger partial charge on any atom is -0.478 e. The van der Waals surface area contributed by atoms with Gasteiger partial charge in [-0.05, 0) is 23.3 Å². The summed E-state index contributed by atoms with van der Waals surface area (Å²) in [5, 5.41) is 13.4. The zero-order chi connectivity index (χ0) is 20.0. The molecule has 0 spiro atoms. The Bertz CT molecular complexity index is 1200. The van der Waals surface area contributed by atoms with Crippen LogP contribution in [0.15, 0.2) is 85.1 Å². The summed E-state index contributed by atoms with van der Waals surface area (Å²) >= 11 is 0. The van der Waals surface area contributed by atoms with Crippen LogP contribution in [0.4, 0.5) is 0 Å². The van der Waals surface area contributed by atoms with Crippen LogP contribution in [0.2, 0.25) is 0 Å². The van der Waals surface area contributed by atoms with Crippen molar-refractivity contribution in [2.45, 2.75) is 18.1 Å². The molecular formula is C24H20N2O3. The third-order valence-corrected chi connectivity index (χ3v) is 5.79. The molecule has 5 nitrogen and oxygen atoms in total. The van der Waals surface area contributed by atoms with Crippen molar-refractivity contribution in [1.29, 1.82) is 0 Å². The van der Waals surface area contributed by atoms with Crippen LogP contribution in [0.5, 0.6) is 5.75 Å². The van der Waals surface area contributed by atoms with Crippen LogP contribution in [0.1, 0.15) is 28.7 Å². The van der Waals surface area contributed by atoms with E-state index in [-0.39, 0.29) is 4.92 Å². The molecule has 1 aliphatic rings. The molecular weight excluding hydrogens is 364 g/mol. The predicted molar refractivity (Wildman–Crippen MR) is 112 cm³/mol. The molecule has 0 saturated carbocycles. The molecule has 29 heavy (non-hydrogen) atoms. The summed E-state index contributed by atoms with van der Waals surface area (Å²) in [7, 11) is 1.98. The van der Waals surface area contributed by atoms with Crippen molar-refractivity contribution < 1.29 is 9.66 Å².